The Morgan fingerprint density at radius 1 is 1.50 bits per heavy atom. The molecule has 4 heteroatoms. The van der Waals surface area contributed by atoms with E-state index in [0.29, 0.717) is 10.6 Å². The van der Waals surface area contributed by atoms with Gasteiger partial charge < -0.3 is 10.4 Å². The quantitative estimate of drug-likeness (QED) is 0.643. The first-order valence-corrected chi connectivity index (χ1v) is 3.91. The smallest absolute Gasteiger partial charge is 0.176 e. The van der Waals surface area contributed by atoms with Crippen molar-refractivity contribution in [1.29, 1.82) is 0 Å². The van der Waals surface area contributed by atoms with Crippen molar-refractivity contribution in [3.63, 3.8) is 0 Å². The molecular weight excluding hydrogens is 176 g/mol. The highest BCUT2D eigenvalue weighted by Gasteiger charge is 2.16. The Balaban J connectivity index is 2.58. The highest BCUT2D eigenvalue weighted by molar-refractivity contribution is 6.32. The van der Waals surface area contributed by atoms with E-state index in [1.807, 2.05) is 12.1 Å². The van der Waals surface area contributed by atoms with Crippen molar-refractivity contribution in [3.8, 4) is 0 Å². The van der Waals surface area contributed by atoms with Crippen molar-refractivity contribution in [3.05, 3.63) is 28.8 Å². The summed E-state index contributed by atoms with van der Waals surface area (Å²) in [5, 5.41) is 12.8. The van der Waals surface area contributed by atoms with Crippen LogP contribution in [-0.2, 0) is 0 Å². The van der Waals surface area contributed by atoms with Crippen LogP contribution in [0.5, 0.6) is 0 Å². The van der Waals surface area contributed by atoms with Crippen LogP contribution in [0.2, 0.25) is 5.02 Å². The van der Waals surface area contributed by atoms with Gasteiger partial charge in [0, 0.05) is 11.3 Å². The normalized spacial score (nSPS) is 20.0. The molecule has 0 aliphatic carbocycles. The Morgan fingerprint density at radius 3 is 3.08 bits per heavy atom. The number of rotatable bonds is 0. The molecule has 1 aromatic carbocycles. The van der Waals surface area contributed by atoms with Gasteiger partial charge in [0.25, 0.3) is 0 Å². The fraction of sp³-hybridized carbons (Fsp3) is 0.125. The maximum atomic E-state index is 9.42. The molecule has 1 aliphatic rings. The maximum Gasteiger partial charge on any atom is 0.176 e. The van der Waals surface area contributed by atoms with Crippen LogP contribution < -0.4 is 5.32 Å². The molecule has 1 heterocycles. The first kappa shape index (κ1) is 7.58. The summed E-state index contributed by atoms with van der Waals surface area (Å²) >= 11 is 5.86. The monoisotopic (exact) mass is 182 g/mol. The topological polar surface area (TPSA) is 44.6 Å². The van der Waals surface area contributed by atoms with Crippen molar-refractivity contribution < 1.29 is 5.11 Å². The Hall–Kier alpha value is -1.06. The van der Waals surface area contributed by atoms with E-state index in [-0.39, 0.29) is 0 Å². The van der Waals surface area contributed by atoms with Crippen LogP contribution in [0.3, 0.4) is 0 Å². The molecular formula is C8H7ClN2O. The number of hydrogen-bond acceptors (Lipinski definition) is 3. The second kappa shape index (κ2) is 2.77. The van der Waals surface area contributed by atoms with Gasteiger partial charge in [-0.15, -0.1) is 0 Å². The zero-order valence-corrected chi connectivity index (χ0v) is 6.92. The van der Waals surface area contributed by atoms with Crippen LogP contribution in [0.4, 0.5) is 5.69 Å². The lowest BCUT2D eigenvalue weighted by atomic mass is 10.1. The second-order valence-corrected chi connectivity index (χ2v) is 2.90. The van der Waals surface area contributed by atoms with Gasteiger partial charge in [0.2, 0.25) is 0 Å². The van der Waals surface area contributed by atoms with Crippen molar-refractivity contribution in [2.24, 2.45) is 4.99 Å². The predicted octanol–water partition coefficient (Wildman–Crippen LogP) is 1.78. The van der Waals surface area contributed by atoms with Crippen molar-refractivity contribution in [2.45, 2.75) is 6.23 Å². The Bertz CT molecular complexity index is 338. The lowest BCUT2D eigenvalue weighted by molar-refractivity contribution is 0.189. The summed E-state index contributed by atoms with van der Waals surface area (Å²) in [6.45, 7) is 0. The van der Waals surface area contributed by atoms with E-state index in [4.69, 9.17) is 11.6 Å². The van der Waals surface area contributed by atoms with Gasteiger partial charge in [0.05, 0.1) is 11.4 Å². The molecule has 0 bridgehead atoms. The van der Waals surface area contributed by atoms with E-state index in [1.165, 1.54) is 6.34 Å². The maximum absolute atomic E-state index is 9.42. The van der Waals surface area contributed by atoms with Gasteiger partial charge in [0.1, 0.15) is 0 Å². The molecule has 2 rings (SSSR count). The average molecular weight is 183 g/mol. The van der Waals surface area contributed by atoms with E-state index in [1.54, 1.807) is 6.07 Å². The van der Waals surface area contributed by atoms with Crippen molar-refractivity contribution in [2.75, 3.05) is 5.32 Å². The molecule has 0 fully saturated rings. The largest absolute Gasteiger partial charge is 0.368 e. The number of aliphatic hydroxyl groups is 1. The standard InChI is InChI=1S/C8H7ClN2O/c9-5-2-1-3-6-7(5)8(12)11-4-10-6/h1-4,8,12H,(H,10,11). The van der Waals surface area contributed by atoms with Gasteiger partial charge in [-0.05, 0) is 12.1 Å². The number of benzene rings is 1. The number of halogens is 1. The van der Waals surface area contributed by atoms with Crippen LogP contribution in [0.1, 0.15) is 11.8 Å². The molecule has 2 N–H and O–H groups in total. The van der Waals surface area contributed by atoms with E-state index < -0.39 is 6.23 Å². The minimum Gasteiger partial charge on any atom is -0.368 e. The summed E-state index contributed by atoms with van der Waals surface area (Å²) in [4.78, 5) is 3.77. The van der Waals surface area contributed by atoms with Crippen LogP contribution in [0, 0.1) is 0 Å². The number of nitrogens with zero attached hydrogens (tertiary/aromatic N) is 1. The Labute approximate surface area is 74.7 Å². The van der Waals surface area contributed by atoms with Crippen LogP contribution in [-0.4, -0.2) is 11.4 Å². The highest BCUT2D eigenvalue weighted by atomic mass is 35.5. The number of anilines is 1. The molecule has 1 aliphatic heterocycles. The van der Waals surface area contributed by atoms with E-state index >= 15 is 0 Å². The van der Waals surface area contributed by atoms with E-state index in [2.05, 4.69) is 10.3 Å². The molecule has 12 heavy (non-hydrogen) atoms. The summed E-state index contributed by atoms with van der Waals surface area (Å²) < 4.78 is 0. The molecule has 0 spiro atoms. The summed E-state index contributed by atoms with van der Waals surface area (Å²) in [6, 6.07) is 5.39. The lowest BCUT2D eigenvalue weighted by Crippen LogP contribution is -2.10. The Kier molecular flexibility index (Phi) is 1.75. The van der Waals surface area contributed by atoms with Gasteiger partial charge >= 0.3 is 0 Å². The van der Waals surface area contributed by atoms with E-state index in [9.17, 15) is 5.11 Å². The van der Waals surface area contributed by atoms with Crippen LogP contribution in [0.15, 0.2) is 23.2 Å². The molecule has 1 unspecified atom stereocenters. The molecule has 0 radical (unpaired) electrons. The third-order valence-electron chi connectivity index (χ3n) is 1.75. The molecule has 0 saturated carbocycles. The molecule has 3 nitrogen and oxygen atoms in total. The van der Waals surface area contributed by atoms with Gasteiger partial charge in [-0.3, -0.25) is 0 Å². The van der Waals surface area contributed by atoms with Gasteiger partial charge in [0.15, 0.2) is 6.23 Å². The van der Waals surface area contributed by atoms with Crippen LogP contribution in [0.25, 0.3) is 0 Å². The highest BCUT2D eigenvalue weighted by Crippen LogP contribution is 2.32. The molecule has 62 valence electrons. The first-order chi connectivity index (χ1) is 5.79. The fourth-order valence-electron chi connectivity index (χ4n) is 1.18. The average Bonchev–Trinajstić information content (AvgIpc) is 2.04. The number of fused-ring (bicyclic) bond motifs is 1. The minimum absolute atomic E-state index is 0.532. The number of aliphatic imine (C=N–C) groups is 1. The third kappa shape index (κ3) is 1.07. The number of nitrogens with one attached hydrogen (secondary N) is 1. The molecule has 1 atom stereocenters. The number of aliphatic hydroxyl groups excluding tert-OH is 1. The van der Waals surface area contributed by atoms with Gasteiger partial charge in [-0.25, -0.2) is 4.99 Å². The minimum atomic E-state index is -0.838. The van der Waals surface area contributed by atoms with Crippen molar-refractivity contribution >= 4 is 23.6 Å². The molecule has 0 saturated heterocycles. The lowest BCUT2D eigenvalue weighted by Gasteiger charge is -2.17. The SMILES string of the molecule is OC1N=CNc2cccc(Cl)c21. The van der Waals surface area contributed by atoms with Crippen LogP contribution >= 0.6 is 11.6 Å². The van der Waals surface area contributed by atoms with Crippen molar-refractivity contribution in [1.82, 2.24) is 0 Å². The predicted molar refractivity (Wildman–Crippen MR) is 48.5 cm³/mol. The zero-order valence-electron chi connectivity index (χ0n) is 6.16. The summed E-state index contributed by atoms with van der Waals surface area (Å²) in [5.74, 6) is 0. The summed E-state index contributed by atoms with van der Waals surface area (Å²) in [7, 11) is 0. The third-order valence-corrected chi connectivity index (χ3v) is 2.08. The van der Waals surface area contributed by atoms with Gasteiger partial charge in [-0.2, -0.15) is 0 Å². The first-order valence-electron chi connectivity index (χ1n) is 3.53. The van der Waals surface area contributed by atoms with E-state index in [0.717, 1.165) is 5.69 Å². The molecule has 1 aromatic rings. The fourth-order valence-corrected chi connectivity index (χ4v) is 1.45. The molecule has 0 aromatic heterocycles. The van der Waals surface area contributed by atoms with Gasteiger partial charge in [-0.1, -0.05) is 17.7 Å². The summed E-state index contributed by atoms with van der Waals surface area (Å²) in [5.41, 5.74) is 1.45. The zero-order chi connectivity index (χ0) is 8.55. The summed E-state index contributed by atoms with van der Waals surface area (Å²) in [6.07, 6.45) is 0.624. The molecule has 0 amide bonds. The second-order valence-electron chi connectivity index (χ2n) is 2.50. The number of hydrogen-bond donors (Lipinski definition) is 2. The Morgan fingerprint density at radius 2 is 2.33 bits per heavy atom.